The average Bonchev–Trinajstić information content (AvgIpc) is 2.73. The lowest BCUT2D eigenvalue weighted by Gasteiger charge is -2.43. The van der Waals surface area contributed by atoms with Gasteiger partial charge in [-0.15, -0.1) is 0 Å². The summed E-state index contributed by atoms with van der Waals surface area (Å²) < 4.78 is 0. The van der Waals surface area contributed by atoms with E-state index in [0.717, 1.165) is 48.9 Å². The van der Waals surface area contributed by atoms with Crippen molar-refractivity contribution < 1.29 is 9.59 Å². The number of carbonyl (C=O) groups is 2. The van der Waals surface area contributed by atoms with Crippen LogP contribution >= 0.6 is 0 Å². The summed E-state index contributed by atoms with van der Waals surface area (Å²) >= 11 is 0. The molecule has 146 valence electrons. The minimum Gasteiger partial charge on any atom is -0.342 e. The van der Waals surface area contributed by atoms with Crippen LogP contribution in [0.1, 0.15) is 60.9 Å². The summed E-state index contributed by atoms with van der Waals surface area (Å²) in [7, 11) is 0. The van der Waals surface area contributed by atoms with E-state index in [2.05, 4.69) is 4.90 Å². The van der Waals surface area contributed by atoms with Crippen molar-refractivity contribution in [2.75, 3.05) is 26.2 Å². The van der Waals surface area contributed by atoms with Crippen LogP contribution < -0.4 is 0 Å². The van der Waals surface area contributed by atoms with Crippen molar-refractivity contribution in [3.8, 4) is 0 Å². The fourth-order valence-electron chi connectivity index (χ4n) is 5.37. The molecule has 0 N–H and O–H groups in total. The first-order valence-electron chi connectivity index (χ1n) is 10.8. The molecule has 0 unspecified atom stereocenters. The molecule has 3 aliphatic rings. The first kappa shape index (κ1) is 18.5. The van der Waals surface area contributed by atoms with Gasteiger partial charge in [0.15, 0.2) is 0 Å². The van der Waals surface area contributed by atoms with Gasteiger partial charge in [-0.1, -0.05) is 37.5 Å². The maximum Gasteiger partial charge on any atom is 0.254 e. The third-order valence-electron chi connectivity index (χ3n) is 7.11. The lowest BCUT2D eigenvalue weighted by molar-refractivity contribution is -0.140. The highest BCUT2D eigenvalue weighted by atomic mass is 16.2. The summed E-state index contributed by atoms with van der Waals surface area (Å²) in [5.74, 6) is 2.16. The molecule has 4 nitrogen and oxygen atoms in total. The van der Waals surface area contributed by atoms with Crippen molar-refractivity contribution >= 4 is 11.8 Å². The van der Waals surface area contributed by atoms with Gasteiger partial charge in [0, 0.05) is 37.7 Å². The van der Waals surface area contributed by atoms with Crippen molar-refractivity contribution in [3.63, 3.8) is 0 Å². The minimum atomic E-state index is 0.103. The Kier molecular flexibility index (Phi) is 5.51. The SMILES string of the molecule is Cc1ccccc1C(=O)N1CCC(C(=O)N2CC[C@@H]3CCCC[C@@H]3C2)CC1. The predicted octanol–water partition coefficient (Wildman–Crippen LogP) is 3.89. The second kappa shape index (κ2) is 8.04. The number of hydrogen-bond acceptors (Lipinski definition) is 2. The topological polar surface area (TPSA) is 40.6 Å². The molecular weight excluding hydrogens is 336 g/mol. The van der Waals surface area contributed by atoms with Crippen molar-refractivity contribution in [2.45, 2.75) is 51.9 Å². The monoisotopic (exact) mass is 368 g/mol. The molecule has 0 aromatic heterocycles. The molecule has 0 radical (unpaired) electrons. The zero-order chi connectivity index (χ0) is 18.8. The molecule has 2 aliphatic heterocycles. The molecular formula is C23H32N2O2. The van der Waals surface area contributed by atoms with Gasteiger partial charge >= 0.3 is 0 Å². The number of fused-ring (bicyclic) bond motifs is 1. The quantitative estimate of drug-likeness (QED) is 0.795. The Balaban J connectivity index is 1.32. The van der Waals surface area contributed by atoms with Crippen molar-refractivity contribution in [3.05, 3.63) is 35.4 Å². The Morgan fingerprint density at radius 1 is 0.852 bits per heavy atom. The van der Waals surface area contributed by atoms with E-state index in [1.165, 1.54) is 32.1 Å². The summed E-state index contributed by atoms with van der Waals surface area (Å²) in [6, 6.07) is 7.78. The number of aryl methyl sites for hydroxylation is 1. The fraction of sp³-hybridized carbons (Fsp3) is 0.652. The molecule has 1 aliphatic carbocycles. The molecule has 27 heavy (non-hydrogen) atoms. The lowest BCUT2D eigenvalue weighted by atomic mass is 9.75. The van der Waals surface area contributed by atoms with Crippen LogP contribution in [-0.2, 0) is 4.79 Å². The van der Waals surface area contributed by atoms with E-state index in [-0.39, 0.29) is 11.8 Å². The zero-order valence-corrected chi connectivity index (χ0v) is 16.5. The van der Waals surface area contributed by atoms with Crippen LogP contribution in [0.5, 0.6) is 0 Å². The maximum absolute atomic E-state index is 13.1. The van der Waals surface area contributed by atoms with Crippen LogP contribution in [0.25, 0.3) is 0 Å². The number of likely N-dealkylation sites (tertiary alicyclic amines) is 2. The van der Waals surface area contributed by atoms with Crippen LogP contribution in [0.3, 0.4) is 0 Å². The average molecular weight is 369 g/mol. The fourth-order valence-corrected chi connectivity index (χ4v) is 5.37. The number of benzene rings is 1. The highest BCUT2D eigenvalue weighted by Crippen LogP contribution is 2.37. The van der Waals surface area contributed by atoms with Crippen LogP contribution in [0.15, 0.2) is 24.3 Å². The van der Waals surface area contributed by atoms with Crippen molar-refractivity contribution in [1.29, 1.82) is 0 Å². The number of hydrogen-bond donors (Lipinski definition) is 0. The molecule has 2 atom stereocenters. The number of nitrogens with zero attached hydrogens (tertiary/aromatic N) is 2. The van der Waals surface area contributed by atoms with Gasteiger partial charge in [0.05, 0.1) is 0 Å². The summed E-state index contributed by atoms with van der Waals surface area (Å²) in [5.41, 5.74) is 1.82. The highest BCUT2D eigenvalue weighted by molar-refractivity contribution is 5.95. The number of amides is 2. The lowest BCUT2D eigenvalue weighted by Crippen LogP contribution is -2.49. The first-order chi connectivity index (χ1) is 13.1. The number of carbonyl (C=O) groups excluding carboxylic acids is 2. The summed E-state index contributed by atoms with van der Waals surface area (Å²) in [6.45, 7) is 5.31. The molecule has 1 aromatic carbocycles. The largest absolute Gasteiger partial charge is 0.342 e. The smallest absolute Gasteiger partial charge is 0.254 e. The van der Waals surface area contributed by atoms with E-state index < -0.39 is 0 Å². The maximum atomic E-state index is 13.1. The van der Waals surface area contributed by atoms with Crippen molar-refractivity contribution in [2.24, 2.45) is 17.8 Å². The van der Waals surface area contributed by atoms with E-state index in [1.807, 2.05) is 36.1 Å². The van der Waals surface area contributed by atoms with Gasteiger partial charge in [-0.3, -0.25) is 9.59 Å². The van der Waals surface area contributed by atoms with E-state index in [0.29, 0.717) is 19.0 Å². The van der Waals surface area contributed by atoms with Crippen LogP contribution in [0.2, 0.25) is 0 Å². The second-order valence-electron chi connectivity index (χ2n) is 8.76. The molecule has 0 bridgehead atoms. The Hall–Kier alpha value is -1.84. The zero-order valence-electron chi connectivity index (χ0n) is 16.5. The third-order valence-corrected chi connectivity index (χ3v) is 7.11. The van der Waals surface area contributed by atoms with Gasteiger partial charge in [-0.05, 0) is 56.1 Å². The third kappa shape index (κ3) is 3.90. The van der Waals surface area contributed by atoms with Crippen LogP contribution in [-0.4, -0.2) is 47.8 Å². The van der Waals surface area contributed by atoms with E-state index >= 15 is 0 Å². The second-order valence-corrected chi connectivity index (χ2v) is 8.76. The normalized spacial score (nSPS) is 26.6. The molecule has 1 aromatic rings. The van der Waals surface area contributed by atoms with Crippen LogP contribution in [0.4, 0.5) is 0 Å². The Labute approximate surface area is 162 Å². The first-order valence-corrected chi connectivity index (χ1v) is 10.8. The molecule has 4 heteroatoms. The van der Waals surface area contributed by atoms with Gasteiger partial charge in [0.1, 0.15) is 0 Å². The molecule has 2 saturated heterocycles. The Morgan fingerprint density at radius 3 is 2.26 bits per heavy atom. The molecule has 3 fully saturated rings. The molecule has 0 spiro atoms. The molecule has 1 saturated carbocycles. The Bertz CT molecular complexity index is 693. The van der Waals surface area contributed by atoms with E-state index in [9.17, 15) is 9.59 Å². The van der Waals surface area contributed by atoms with Gasteiger partial charge in [-0.25, -0.2) is 0 Å². The molecule has 2 heterocycles. The minimum absolute atomic E-state index is 0.103. The van der Waals surface area contributed by atoms with E-state index in [1.54, 1.807) is 0 Å². The van der Waals surface area contributed by atoms with Crippen molar-refractivity contribution in [1.82, 2.24) is 9.80 Å². The summed E-state index contributed by atoms with van der Waals surface area (Å²) in [5, 5.41) is 0. The molecule has 4 rings (SSSR count). The Morgan fingerprint density at radius 2 is 1.52 bits per heavy atom. The highest BCUT2D eigenvalue weighted by Gasteiger charge is 2.36. The number of rotatable bonds is 2. The molecule has 2 amide bonds. The van der Waals surface area contributed by atoms with Gasteiger partial charge in [-0.2, -0.15) is 0 Å². The van der Waals surface area contributed by atoms with E-state index in [4.69, 9.17) is 0 Å². The van der Waals surface area contributed by atoms with Crippen LogP contribution in [0, 0.1) is 24.7 Å². The standard InChI is InChI=1S/C23H32N2O2/c1-17-6-2-5-9-21(17)23(27)24-13-11-19(12-14-24)22(26)25-15-10-18-7-3-4-8-20(18)16-25/h2,5-6,9,18-20H,3-4,7-8,10-16H2,1H3/t18-,20+/m0/s1. The van der Waals surface area contributed by atoms with Gasteiger partial charge in [0.25, 0.3) is 5.91 Å². The number of piperidine rings is 2. The van der Waals surface area contributed by atoms with Gasteiger partial charge in [0.2, 0.25) is 5.91 Å². The van der Waals surface area contributed by atoms with Gasteiger partial charge < -0.3 is 9.80 Å². The summed E-state index contributed by atoms with van der Waals surface area (Å²) in [4.78, 5) is 29.9. The summed E-state index contributed by atoms with van der Waals surface area (Å²) in [6.07, 6.45) is 8.19. The predicted molar refractivity (Wildman–Crippen MR) is 106 cm³/mol.